The van der Waals surface area contributed by atoms with Gasteiger partial charge in [0.1, 0.15) is 0 Å². The molecule has 0 saturated carbocycles. The molecule has 82 valence electrons. The Labute approximate surface area is 96.1 Å². The lowest BCUT2D eigenvalue weighted by atomic mass is 10.2. The summed E-state index contributed by atoms with van der Waals surface area (Å²) in [5.41, 5.74) is 1.15. The fraction of sp³-hybridized carbons (Fsp3) is 0.583. The maximum absolute atomic E-state index is 4.52. The molecule has 1 aromatic heterocycles. The van der Waals surface area contributed by atoms with E-state index in [0.29, 0.717) is 6.04 Å². The summed E-state index contributed by atoms with van der Waals surface area (Å²) in [7, 11) is 0. The second-order valence-electron chi connectivity index (χ2n) is 3.44. The number of nitrogens with zero attached hydrogens (tertiary/aromatic N) is 1. The van der Waals surface area contributed by atoms with Gasteiger partial charge in [0.2, 0.25) is 0 Å². The standard InChI is InChI=1S/C12H18N2S/c1-5-7-8-13-9(3)12-10(4)14-11(6-2)15-12/h9,13H,6,8H2,1-4H3. The van der Waals surface area contributed by atoms with Crippen LogP contribution in [-0.2, 0) is 6.42 Å². The molecular formula is C12H18N2S. The van der Waals surface area contributed by atoms with E-state index < -0.39 is 0 Å². The summed E-state index contributed by atoms with van der Waals surface area (Å²) in [5, 5.41) is 4.59. The SMILES string of the molecule is CC#CCNC(C)c1sc(CC)nc1C. The fourth-order valence-corrected chi connectivity index (χ4v) is 2.44. The zero-order valence-corrected chi connectivity index (χ0v) is 10.7. The van der Waals surface area contributed by atoms with E-state index >= 15 is 0 Å². The van der Waals surface area contributed by atoms with E-state index in [1.165, 1.54) is 9.88 Å². The van der Waals surface area contributed by atoms with Crippen LogP contribution in [0.5, 0.6) is 0 Å². The molecule has 0 amide bonds. The monoisotopic (exact) mass is 222 g/mol. The highest BCUT2D eigenvalue weighted by atomic mass is 32.1. The molecule has 1 heterocycles. The van der Waals surface area contributed by atoms with Crippen molar-refractivity contribution >= 4 is 11.3 Å². The Morgan fingerprint density at radius 1 is 1.53 bits per heavy atom. The lowest BCUT2D eigenvalue weighted by molar-refractivity contribution is 0.629. The summed E-state index contributed by atoms with van der Waals surface area (Å²) >= 11 is 1.80. The summed E-state index contributed by atoms with van der Waals surface area (Å²) in [5.74, 6) is 5.89. The van der Waals surface area contributed by atoms with E-state index in [2.05, 4.69) is 42.9 Å². The van der Waals surface area contributed by atoms with Crippen LogP contribution in [0.3, 0.4) is 0 Å². The molecule has 0 aromatic carbocycles. The highest BCUT2D eigenvalue weighted by Gasteiger charge is 2.12. The van der Waals surface area contributed by atoms with Crippen molar-refractivity contribution in [3.05, 3.63) is 15.6 Å². The number of rotatable bonds is 4. The first-order valence-electron chi connectivity index (χ1n) is 5.28. The second-order valence-corrected chi connectivity index (χ2v) is 4.56. The van der Waals surface area contributed by atoms with Crippen molar-refractivity contribution in [2.45, 2.75) is 40.2 Å². The summed E-state index contributed by atoms with van der Waals surface area (Å²) in [6.07, 6.45) is 1.02. The van der Waals surface area contributed by atoms with Crippen LogP contribution in [0.2, 0.25) is 0 Å². The van der Waals surface area contributed by atoms with Crippen molar-refractivity contribution in [3.8, 4) is 11.8 Å². The Hall–Kier alpha value is -0.850. The normalized spacial score (nSPS) is 12.0. The van der Waals surface area contributed by atoms with Crippen LogP contribution in [0.25, 0.3) is 0 Å². The zero-order chi connectivity index (χ0) is 11.3. The number of nitrogens with one attached hydrogen (secondary N) is 1. The van der Waals surface area contributed by atoms with Crippen molar-refractivity contribution in [2.24, 2.45) is 0 Å². The van der Waals surface area contributed by atoms with Gasteiger partial charge in [-0.15, -0.1) is 17.3 Å². The molecule has 1 N–H and O–H groups in total. The van der Waals surface area contributed by atoms with Crippen LogP contribution in [0.1, 0.15) is 42.4 Å². The number of aryl methyl sites for hydroxylation is 2. The molecular weight excluding hydrogens is 204 g/mol. The minimum absolute atomic E-state index is 0.351. The predicted octanol–water partition coefficient (Wildman–Crippen LogP) is 2.69. The van der Waals surface area contributed by atoms with E-state index in [0.717, 1.165) is 18.7 Å². The molecule has 15 heavy (non-hydrogen) atoms. The third-order valence-corrected chi connectivity index (χ3v) is 3.73. The molecule has 0 aliphatic carbocycles. The molecule has 0 bridgehead atoms. The summed E-state index contributed by atoms with van der Waals surface area (Å²) in [6, 6.07) is 0.351. The second kappa shape index (κ2) is 5.89. The summed E-state index contributed by atoms with van der Waals surface area (Å²) < 4.78 is 0. The van der Waals surface area contributed by atoms with Gasteiger partial charge in [-0.05, 0) is 27.2 Å². The average molecular weight is 222 g/mol. The maximum Gasteiger partial charge on any atom is 0.0928 e. The van der Waals surface area contributed by atoms with Gasteiger partial charge in [-0.2, -0.15) is 0 Å². The quantitative estimate of drug-likeness (QED) is 0.792. The number of hydrogen-bond acceptors (Lipinski definition) is 3. The highest BCUT2D eigenvalue weighted by molar-refractivity contribution is 7.11. The molecule has 3 heteroatoms. The molecule has 1 rings (SSSR count). The van der Waals surface area contributed by atoms with Gasteiger partial charge < -0.3 is 0 Å². The van der Waals surface area contributed by atoms with Crippen LogP contribution in [0.4, 0.5) is 0 Å². The van der Waals surface area contributed by atoms with Gasteiger partial charge in [0.25, 0.3) is 0 Å². The minimum Gasteiger partial charge on any atom is -0.299 e. The van der Waals surface area contributed by atoms with Gasteiger partial charge in [-0.25, -0.2) is 4.98 Å². The largest absolute Gasteiger partial charge is 0.299 e. The Morgan fingerprint density at radius 2 is 2.27 bits per heavy atom. The minimum atomic E-state index is 0.351. The van der Waals surface area contributed by atoms with Crippen LogP contribution < -0.4 is 5.32 Å². The van der Waals surface area contributed by atoms with E-state index in [1.807, 2.05) is 6.92 Å². The average Bonchev–Trinajstić information content (AvgIpc) is 2.60. The lowest BCUT2D eigenvalue weighted by Crippen LogP contribution is -2.18. The van der Waals surface area contributed by atoms with E-state index in [4.69, 9.17) is 0 Å². The third kappa shape index (κ3) is 3.33. The number of aromatic nitrogens is 1. The van der Waals surface area contributed by atoms with Crippen LogP contribution in [0.15, 0.2) is 0 Å². The van der Waals surface area contributed by atoms with Gasteiger partial charge in [-0.1, -0.05) is 12.8 Å². The Kier molecular flexibility index (Phi) is 4.80. The number of hydrogen-bond donors (Lipinski definition) is 1. The van der Waals surface area contributed by atoms with Gasteiger partial charge in [0.15, 0.2) is 0 Å². The first-order chi connectivity index (χ1) is 7.19. The van der Waals surface area contributed by atoms with Crippen LogP contribution in [0, 0.1) is 18.8 Å². The molecule has 0 radical (unpaired) electrons. The topological polar surface area (TPSA) is 24.9 Å². The van der Waals surface area contributed by atoms with Crippen LogP contribution >= 0.6 is 11.3 Å². The van der Waals surface area contributed by atoms with E-state index in [-0.39, 0.29) is 0 Å². The first-order valence-corrected chi connectivity index (χ1v) is 6.09. The van der Waals surface area contributed by atoms with Gasteiger partial charge >= 0.3 is 0 Å². The Balaban J connectivity index is 2.66. The summed E-state index contributed by atoms with van der Waals surface area (Å²) in [6.45, 7) is 8.99. The van der Waals surface area contributed by atoms with Crippen molar-refractivity contribution in [1.29, 1.82) is 0 Å². The Bertz CT molecular complexity index is 371. The summed E-state index contributed by atoms with van der Waals surface area (Å²) in [4.78, 5) is 5.86. The molecule has 0 aliphatic rings. The van der Waals surface area contributed by atoms with Crippen molar-refractivity contribution in [1.82, 2.24) is 10.3 Å². The van der Waals surface area contributed by atoms with E-state index in [1.54, 1.807) is 11.3 Å². The lowest BCUT2D eigenvalue weighted by Gasteiger charge is -2.09. The number of thiazole rings is 1. The molecule has 1 aromatic rings. The fourth-order valence-electron chi connectivity index (χ4n) is 1.40. The molecule has 2 nitrogen and oxygen atoms in total. The van der Waals surface area contributed by atoms with Crippen LogP contribution in [-0.4, -0.2) is 11.5 Å². The zero-order valence-electron chi connectivity index (χ0n) is 9.85. The van der Waals surface area contributed by atoms with Gasteiger partial charge in [0, 0.05) is 10.9 Å². The Morgan fingerprint density at radius 3 is 2.80 bits per heavy atom. The smallest absolute Gasteiger partial charge is 0.0928 e. The van der Waals surface area contributed by atoms with E-state index in [9.17, 15) is 0 Å². The molecule has 0 spiro atoms. The predicted molar refractivity (Wildman–Crippen MR) is 66.1 cm³/mol. The molecule has 0 saturated heterocycles. The molecule has 0 aliphatic heterocycles. The van der Waals surface area contributed by atoms with Crippen molar-refractivity contribution in [3.63, 3.8) is 0 Å². The van der Waals surface area contributed by atoms with Crippen molar-refractivity contribution < 1.29 is 0 Å². The highest BCUT2D eigenvalue weighted by Crippen LogP contribution is 2.24. The third-order valence-electron chi connectivity index (χ3n) is 2.25. The van der Waals surface area contributed by atoms with Gasteiger partial charge in [-0.3, -0.25) is 5.32 Å². The maximum atomic E-state index is 4.52. The molecule has 0 fully saturated rings. The molecule has 1 atom stereocenters. The first kappa shape index (κ1) is 12.2. The molecule has 1 unspecified atom stereocenters. The van der Waals surface area contributed by atoms with Crippen molar-refractivity contribution in [2.75, 3.05) is 6.54 Å². The van der Waals surface area contributed by atoms with Gasteiger partial charge in [0.05, 0.1) is 17.2 Å².